The first kappa shape index (κ1) is 18.1. The average molecular weight is 373 g/mol. The Kier molecular flexibility index (Phi) is 5.56. The summed E-state index contributed by atoms with van der Waals surface area (Å²) in [5.41, 5.74) is 2.96. The molecule has 3 heterocycles. The van der Waals surface area contributed by atoms with Crippen LogP contribution < -0.4 is 10.2 Å². The van der Waals surface area contributed by atoms with E-state index in [1.807, 2.05) is 54.6 Å². The van der Waals surface area contributed by atoms with Crippen molar-refractivity contribution in [2.24, 2.45) is 5.92 Å². The number of aromatic nitrogens is 3. The number of benzene rings is 1. The smallest absolute Gasteiger partial charge is 0.223 e. The summed E-state index contributed by atoms with van der Waals surface area (Å²) in [5.74, 6) is 1.06. The van der Waals surface area contributed by atoms with E-state index >= 15 is 0 Å². The van der Waals surface area contributed by atoms with E-state index in [2.05, 4.69) is 25.4 Å². The molecule has 0 saturated carbocycles. The van der Waals surface area contributed by atoms with Crippen LogP contribution in [0.1, 0.15) is 18.4 Å². The highest BCUT2D eigenvalue weighted by molar-refractivity contribution is 5.79. The van der Waals surface area contributed by atoms with E-state index in [9.17, 15) is 4.79 Å². The fourth-order valence-corrected chi connectivity index (χ4v) is 3.47. The van der Waals surface area contributed by atoms with Crippen LogP contribution in [0.5, 0.6) is 0 Å². The lowest BCUT2D eigenvalue weighted by atomic mass is 9.96. The van der Waals surface area contributed by atoms with E-state index < -0.39 is 0 Å². The van der Waals surface area contributed by atoms with Gasteiger partial charge in [-0.05, 0) is 42.7 Å². The van der Waals surface area contributed by atoms with Crippen molar-refractivity contribution in [2.45, 2.75) is 19.4 Å². The number of hydrogen-bond donors (Lipinski definition) is 1. The third kappa shape index (κ3) is 4.34. The predicted octanol–water partition coefficient (Wildman–Crippen LogP) is 3.07. The Morgan fingerprint density at radius 2 is 1.71 bits per heavy atom. The number of rotatable bonds is 5. The predicted molar refractivity (Wildman–Crippen MR) is 108 cm³/mol. The minimum atomic E-state index is 0.0593. The van der Waals surface area contributed by atoms with Gasteiger partial charge in [-0.3, -0.25) is 9.78 Å². The van der Waals surface area contributed by atoms with Gasteiger partial charge in [-0.25, -0.2) is 0 Å². The molecule has 1 fully saturated rings. The van der Waals surface area contributed by atoms with Gasteiger partial charge in [0.2, 0.25) is 5.91 Å². The SMILES string of the molecule is O=C(NCc1ccccc1)C1CCN(c2ccc(-c3ccncc3)nn2)CC1. The van der Waals surface area contributed by atoms with Crippen LogP contribution in [0.25, 0.3) is 11.3 Å². The van der Waals surface area contributed by atoms with Crippen LogP contribution in [-0.2, 0) is 11.3 Å². The molecule has 0 radical (unpaired) electrons. The molecule has 1 amide bonds. The third-order valence-electron chi connectivity index (χ3n) is 5.13. The molecule has 142 valence electrons. The Hall–Kier alpha value is -3.28. The van der Waals surface area contributed by atoms with Crippen LogP contribution in [0.4, 0.5) is 5.82 Å². The van der Waals surface area contributed by atoms with Crippen molar-refractivity contribution in [1.82, 2.24) is 20.5 Å². The molecule has 2 aromatic heterocycles. The quantitative estimate of drug-likeness (QED) is 0.744. The molecule has 0 unspecified atom stereocenters. The van der Waals surface area contributed by atoms with Crippen LogP contribution in [0.2, 0.25) is 0 Å². The summed E-state index contributed by atoms with van der Waals surface area (Å²) in [4.78, 5) is 18.7. The molecule has 4 rings (SSSR count). The van der Waals surface area contributed by atoms with Gasteiger partial charge >= 0.3 is 0 Å². The molecule has 1 saturated heterocycles. The zero-order chi connectivity index (χ0) is 19.2. The lowest BCUT2D eigenvalue weighted by molar-refractivity contribution is -0.125. The van der Waals surface area contributed by atoms with Crippen molar-refractivity contribution >= 4 is 11.7 Å². The third-order valence-corrected chi connectivity index (χ3v) is 5.13. The minimum Gasteiger partial charge on any atom is -0.355 e. The van der Waals surface area contributed by atoms with Gasteiger partial charge in [0.15, 0.2) is 5.82 Å². The van der Waals surface area contributed by atoms with Gasteiger partial charge in [0.05, 0.1) is 5.69 Å². The molecule has 0 aliphatic carbocycles. The standard InChI is InChI=1S/C22H23N5O/c28-22(24-16-17-4-2-1-3-5-17)19-10-14-27(15-11-19)21-7-6-20(25-26-21)18-8-12-23-13-9-18/h1-9,12-13,19H,10-11,14-16H2,(H,24,28). The Morgan fingerprint density at radius 3 is 2.39 bits per heavy atom. The van der Waals surface area contributed by atoms with Gasteiger partial charge in [0.25, 0.3) is 0 Å². The fraction of sp³-hybridized carbons (Fsp3) is 0.273. The monoisotopic (exact) mass is 373 g/mol. The zero-order valence-electron chi connectivity index (χ0n) is 15.7. The number of anilines is 1. The van der Waals surface area contributed by atoms with Gasteiger partial charge < -0.3 is 10.2 Å². The number of pyridine rings is 1. The molecule has 28 heavy (non-hydrogen) atoms. The maximum atomic E-state index is 12.5. The lowest BCUT2D eigenvalue weighted by Gasteiger charge is -2.31. The number of amides is 1. The molecule has 0 atom stereocenters. The largest absolute Gasteiger partial charge is 0.355 e. The summed E-state index contributed by atoms with van der Waals surface area (Å²) in [6.07, 6.45) is 5.15. The Balaban J connectivity index is 1.29. The fourth-order valence-electron chi connectivity index (χ4n) is 3.47. The Bertz CT molecular complexity index is 891. The molecular formula is C22H23N5O. The second kappa shape index (κ2) is 8.61. The van der Waals surface area contributed by atoms with Gasteiger partial charge in [-0.1, -0.05) is 30.3 Å². The Labute approximate surface area is 164 Å². The molecule has 0 bridgehead atoms. The summed E-state index contributed by atoms with van der Waals surface area (Å²) < 4.78 is 0. The highest BCUT2D eigenvalue weighted by Gasteiger charge is 2.25. The summed E-state index contributed by atoms with van der Waals surface area (Å²) in [7, 11) is 0. The van der Waals surface area contributed by atoms with Gasteiger partial charge in [0.1, 0.15) is 0 Å². The van der Waals surface area contributed by atoms with Crippen LogP contribution in [0.15, 0.2) is 67.0 Å². The van der Waals surface area contributed by atoms with Crippen LogP contribution in [0.3, 0.4) is 0 Å². The topological polar surface area (TPSA) is 71.0 Å². The van der Waals surface area contributed by atoms with Gasteiger partial charge in [0, 0.05) is 43.5 Å². The van der Waals surface area contributed by atoms with E-state index in [-0.39, 0.29) is 11.8 Å². The highest BCUT2D eigenvalue weighted by Crippen LogP contribution is 2.23. The maximum Gasteiger partial charge on any atom is 0.223 e. The first-order chi connectivity index (χ1) is 13.8. The molecular weight excluding hydrogens is 350 g/mol. The van der Waals surface area contributed by atoms with Crippen LogP contribution in [0, 0.1) is 5.92 Å². The lowest BCUT2D eigenvalue weighted by Crippen LogP contribution is -2.40. The van der Waals surface area contributed by atoms with Crippen molar-refractivity contribution in [1.29, 1.82) is 0 Å². The maximum absolute atomic E-state index is 12.5. The number of hydrogen-bond acceptors (Lipinski definition) is 5. The van der Waals surface area contributed by atoms with Gasteiger partial charge in [-0.15, -0.1) is 10.2 Å². The van der Waals surface area contributed by atoms with Crippen LogP contribution >= 0.6 is 0 Å². The molecule has 1 N–H and O–H groups in total. The van der Waals surface area contributed by atoms with Crippen molar-refractivity contribution in [3.8, 4) is 11.3 Å². The van der Waals surface area contributed by atoms with Crippen molar-refractivity contribution in [3.63, 3.8) is 0 Å². The Morgan fingerprint density at radius 1 is 0.964 bits per heavy atom. The van der Waals surface area contributed by atoms with Crippen molar-refractivity contribution in [2.75, 3.05) is 18.0 Å². The summed E-state index contributed by atoms with van der Waals surface area (Å²) in [5, 5.41) is 11.8. The molecule has 1 aliphatic rings. The second-order valence-corrected chi connectivity index (χ2v) is 6.98. The van der Waals surface area contributed by atoms with E-state index in [0.29, 0.717) is 6.54 Å². The number of nitrogens with zero attached hydrogens (tertiary/aromatic N) is 4. The second-order valence-electron chi connectivity index (χ2n) is 6.98. The average Bonchev–Trinajstić information content (AvgIpc) is 2.79. The summed E-state index contributed by atoms with van der Waals surface area (Å²) >= 11 is 0. The van der Waals surface area contributed by atoms with E-state index in [1.165, 1.54) is 0 Å². The van der Waals surface area contributed by atoms with Crippen LogP contribution in [-0.4, -0.2) is 34.2 Å². The van der Waals surface area contributed by atoms with E-state index in [1.54, 1.807) is 12.4 Å². The van der Waals surface area contributed by atoms with Crippen molar-refractivity contribution < 1.29 is 4.79 Å². The van der Waals surface area contributed by atoms with E-state index in [0.717, 1.165) is 48.6 Å². The number of carbonyl (C=O) groups excluding carboxylic acids is 1. The molecule has 3 aromatic rings. The summed E-state index contributed by atoms with van der Waals surface area (Å²) in [6.45, 7) is 2.21. The van der Waals surface area contributed by atoms with Crippen molar-refractivity contribution in [3.05, 3.63) is 72.6 Å². The minimum absolute atomic E-state index is 0.0593. The number of nitrogens with one attached hydrogen (secondary N) is 1. The first-order valence-corrected chi connectivity index (χ1v) is 9.60. The van der Waals surface area contributed by atoms with E-state index in [4.69, 9.17) is 0 Å². The molecule has 1 aromatic carbocycles. The molecule has 0 spiro atoms. The zero-order valence-corrected chi connectivity index (χ0v) is 15.7. The normalized spacial score (nSPS) is 14.6. The highest BCUT2D eigenvalue weighted by atomic mass is 16.1. The number of carbonyl (C=O) groups is 1. The molecule has 6 heteroatoms. The molecule has 1 aliphatic heterocycles. The first-order valence-electron chi connectivity index (χ1n) is 9.60. The summed E-state index contributed by atoms with van der Waals surface area (Å²) in [6, 6.07) is 17.8. The van der Waals surface area contributed by atoms with Gasteiger partial charge in [-0.2, -0.15) is 0 Å². The molecule has 6 nitrogen and oxygen atoms in total. The number of piperidine rings is 1.